The van der Waals surface area contributed by atoms with Crippen LogP contribution in [0.2, 0.25) is 5.02 Å². The molecule has 8 nitrogen and oxygen atoms in total. The number of fused-ring (bicyclic) bond motifs is 2. The monoisotopic (exact) mass is 508 g/mol. The number of carbonyl (C=O) groups is 2. The fraction of sp³-hybridized carbons (Fsp3) is 0.182. The average Bonchev–Trinajstić information content (AvgIpc) is 3.28. The molecule has 0 spiro atoms. The third-order valence-corrected chi connectivity index (χ3v) is 5.69. The summed E-state index contributed by atoms with van der Waals surface area (Å²) in [4.78, 5) is 30.4. The molecule has 0 aliphatic carbocycles. The molecule has 1 aliphatic rings. The zero-order valence-corrected chi connectivity index (χ0v) is 19.8. The van der Waals surface area contributed by atoms with Gasteiger partial charge in [0.15, 0.2) is 5.75 Å². The second-order valence-electron chi connectivity index (χ2n) is 6.88. The molecule has 174 valence electrons. The number of nitrogens with one attached hydrogen (secondary N) is 3. The number of thiophene rings is 1. The second-order valence-corrected chi connectivity index (χ2v) is 8.26. The predicted molar refractivity (Wildman–Crippen MR) is 130 cm³/mol. The number of nitrogens with zero attached hydrogens (tertiary/aromatic N) is 1. The van der Waals surface area contributed by atoms with Crippen LogP contribution in [0.1, 0.15) is 21.7 Å². The van der Waals surface area contributed by atoms with Gasteiger partial charge in [-0.2, -0.15) is 5.06 Å². The molecule has 0 atom stereocenters. The summed E-state index contributed by atoms with van der Waals surface area (Å²) in [5.41, 5.74) is 6.70. The first kappa shape index (κ1) is 24.7. The first-order valence-electron chi connectivity index (χ1n) is 9.95. The normalized spacial score (nSPS) is 11.7. The van der Waals surface area contributed by atoms with Crippen LogP contribution in [0.15, 0.2) is 60.0 Å². The summed E-state index contributed by atoms with van der Waals surface area (Å²) < 4.78 is 5.98. The van der Waals surface area contributed by atoms with Gasteiger partial charge in [0.2, 0.25) is 0 Å². The van der Waals surface area contributed by atoms with E-state index in [4.69, 9.17) is 21.2 Å². The topological polar surface area (TPSA) is 91.9 Å². The Morgan fingerprint density at radius 1 is 1.09 bits per heavy atom. The zero-order valence-electron chi connectivity index (χ0n) is 17.4. The van der Waals surface area contributed by atoms with Crippen LogP contribution in [0, 0.1) is 0 Å². The third-order valence-electron chi connectivity index (χ3n) is 4.59. The van der Waals surface area contributed by atoms with Gasteiger partial charge in [0.25, 0.3) is 5.91 Å². The molecule has 2 aromatic carbocycles. The quantitative estimate of drug-likeness (QED) is 0.310. The van der Waals surface area contributed by atoms with Crippen LogP contribution >= 0.6 is 35.3 Å². The van der Waals surface area contributed by atoms with Crippen molar-refractivity contribution in [2.75, 3.05) is 18.2 Å². The molecule has 0 saturated carbocycles. The van der Waals surface area contributed by atoms with Crippen LogP contribution in [0.25, 0.3) is 0 Å². The van der Waals surface area contributed by atoms with Gasteiger partial charge in [-0.1, -0.05) is 35.9 Å². The molecular weight excluding hydrogens is 487 g/mol. The Morgan fingerprint density at radius 3 is 2.76 bits per heavy atom. The van der Waals surface area contributed by atoms with Gasteiger partial charge in [-0.25, -0.2) is 10.2 Å². The number of hydrogen-bond acceptors (Lipinski definition) is 7. The number of hydrazine groups is 1. The Balaban J connectivity index is 0.00000306. The number of anilines is 1. The summed E-state index contributed by atoms with van der Waals surface area (Å²) in [5.74, 6) is 1.11. The predicted octanol–water partition coefficient (Wildman–Crippen LogP) is 4.90. The van der Waals surface area contributed by atoms with Crippen molar-refractivity contribution in [2.45, 2.75) is 13.0 Å². The Hall–Kier alpha value is -2.98. The minimum absolute atomic E-state index is 0. The smallest absolute Gasteiger partial charge is 0.446 e. The lowest BCUT2D eigenvalue weighted by Crippen LogP contribution is -2.42. The number of carbonyl (C=O) groups excluding carboxylic acids is 2. The van der Waals surface area contributed by atoms with Crippen molar-refractivity contribution in [1.82, 2.24) is 16.2 Å². The molecule has 2 amide bonds. The van der Waals surface area contributed by atoms with E-state index in [9.17, 15) is 9.59 Å². The van der Waals surface area contributed by atoms with Crippen molar-refractivity contribution in [2.24, 2.45) is 0 Å². The Bertz CT molecular complexity index is 1100. The minimum atomic E-state index is -0.682. The maximum atomic E-state index is 12.3. The Labute approximate surface area is 206 Å². The van der Waals surface area contributed by atoms with Gasteiger partial charge >= 0.3 is 6.09 Å². The van der Waals surface area contributed by atoms with E-state index in [0.717, 1.165) is 5.56 Å². The molecule has 4 rings (SSSR count). The van der Waals surface area contributed by atoms with Crippen LogP contribution < -0.4 is 26.0 Å². The first-order chi connectivity index (χ1) is 15.6. The van der Waals surface area contributed by atoms with Crippen LogP contribution in [0.5, 0.6) is 11.5 Å². The number of hydrogen-bond donors (Lipinski definition) is 3. The summed E-state index contributed by atoms with van der Waals surface area (Å²) >= 11 is 7.54. The third kappa shape index (κ3) is 6.52. The number of halogens is 2. The van der Waals surface area contributed by atoms with Crippen molar-refractivity contribution in [3.63, 3.8) is 0 Å². The maximum Gasteiger partial charge on any atom is 0.446 e. The number of para-hydroxylation sites is 1. The van der Waals surface area contributed by atoms with Crippen molar-refractivity contribution in [1.29, 1.82) is 0 Å². The molecule has 1 aromatic heterocycles. The number of hydroxylamine groups is 1. The van der Waals surface area contributed by atoms with E-state index in [2.05, 4.69) is 16.2 Å². The summed E-state index contributed by atoms with van der Waals surface area (Å²) in [6, 6.07) is 16.3. The number of rotatable bonds is 7. The molecule has 0 bridgehead atoms. The highest BCUT2D eigenvalue weighted by molar-refractivity contribution is 7.12. The molecule has 3 aromatic rings. The van der Waals surface area contributed by atoms with E-state index in [-0.39, 0.29) is 18.3 Å². The highest BCUT2D eigenvalue weighted by Crippen LogP contribution is 2.40. The van der Waals surface area contributed by atoms with E-state index >= 15 is 0 Å². The summed E-state index contributed by atoms with van der Waals surface area (Å²) in [7, 11) is 0. The summed E-state index contributed by atoms with van der Waals surface area (Å²) in [6.45, 7) is 1.23. The van der Waals surface area contributed by atoms with E-state index in [1.807, 2.05) is 35.7 Å². The summed E-state index contributed by atoms with van der Waals surface area (Å²) in [6.07, 6.45) is -0.0567. The van der Waals surface area contributed by atoms with Crippen molar-refractivity contribution < 1.29 is 19.2 Å². The van der Waals surface area contributed by atoms with E-state index in [1.54, 1.807) is 24.3 Å². The lowest BCUT2D eigenvalue weighted by Gasteiger charge is -2.22. The first-order valence-corrected chi connectivity index (χ1v) is 11.2. The van der Waals surface area contributed by atoms with Crippen molar-refractivity contribution in [3.8, 4) is 11.5 Å². The summed E-state index contributed by atoms with van der Waals surface area (Å²) in [5, 5.41) is 6.61. The molecule has 0 radical (unpaired) electrons. The van der Waals surface area contributed by atoms with Gasteiger partial charge in [-0.15, -0.1) is 23.7 Å². The Kier molecular flexibility index (Phi) is 8.79. The van der Waals surface area contributed by atoms with Gasteiger partial charge in [-0.3, -0.25) is 10.2 Å². The lowest BCUT2D eigenvalue weighted by atomic mass is 10.2. The van der Waals surface area contributed by atoms with Crippen LogP contribution in [0.3, 0.4) is 0 Å². The van der Waals surface area contributed by atoms with Crippen LogP contribution in [-0.4, -0.2) is 25.1 Å². The van der Waals surface area contributed by atoms with Crippen molar-refractivity contribution >= 4 is 53.0 Å². The van der Waals surface area contributed by atoms with Crippen molar-refractivity contribution in [3.05, 3.63) is 75.4 Å². The molecule has 33 heavy (non-hydrogen) atoms. The van der Waals surface area contributed by atoms with Crippen LogP contribution in [0.4, 0.5) is 10.5 Å². The zero-order chi connectivity index (χ0) is 22.3. The average molecular weight is 509 g/mol. The second kappa shape index (κ2) is 11.8. The Morgan fingerprint density at radius 2 is 1.94 bits per heavy atom. The molecule has 0 unspecified atom stereocenters. The van der Waals surface area contributed by atoms with Gasteiger partial charge in [0, 0.05) is 23.7 Å². The standard InChI is InChI=1S/C22H21ClN4O4S.ClH/c23-16-8-9-19-17(13-16)27(14-15-5-1-2-6-18(15)30-19)31-22(29)26-25-11-4-10-24-21(28)20-7-3-12-32-20;/h1-3,5-9,12-13,25H,4,10-11,14H2,(H,24,28)(H,26,29);1H. The van der Waals surface area contributed by atoms with Gasteiger partial charge < -0.3 is 14.9 Å². The largest absolute Gasteiger partial charge is 0.455 e. The number of benzene rings is 2. The number of amides is 2. The van der Waals surface area contributed by atoms with E-state index < -0.39 is 6.09 Å². The van der Waals surface area contributed by atoms with Crippen LogP contribution in [-0.2, 0) is 11.4 Å². The molecule has 1 aliphatic heterocycles. The molecule has 3 N–H and O–H groups in total. The highest BCUT2D eigenvalue weighted by Gasteiger charge is 2.24. The molecule has 2 heterocycles. The fourth-order valence-corrected chi connectivity index (χ4v) is 3.88. The fourth-order valence-electron chi connectivity index (χ4n) is 3.08. The van der Waals surface area contributed by atoms with E-state index in [1.165, 1.54) is 16.4 Å². The highest BCUT2D eigenvalue weighted by atomic mass is 35.5. The van der Waals surface area contributed by atoms with Gasteiger partial charge in [0.1, 0.15) is 11.4 Å². The van der Waals surface area contributed by atoms with E-state index in [0.29, 0.717) is 53.1 Å². The number of ether oxygens (including phenoxy) is 1. The molecule has 0 fully saturated rings. The molecular formula is C22H22Cl2N4O4S. The molecule has 0 saturated heterocycles. The van der Waals surface area contributed by atoms with Gasteiger partial charge in [0.05, 0.1) is 11.4 Å². The molecule has 11 heteroatoms. The lowest BCUT2D eigenvalue weighted by molar-refractivity contribution is 0.0956. The van der Waals surface area contributed by atoms with Gasteiger partial charge in [-0.05, 0) is 42.1 Å². The minimum Gasteiger partial charge on any atom is -0.455 e. The SMILES string of the molecule is Cl.O=C(NNCCCNC(=O)c1cccs1)ON1Cc2ccccc2Oc2ccc(Cl)cc21. The maximum absolute atomic E-state index is 12.3.